The maximum absolute atomic E-state index is 11.7. The van der Waals surface area contributed by atoms with Crippen LogP contribution < -0.4 is 4.74 Å². The number of carbonyl (C=O) groups excluding carboxylic acids is 1. The molecule has 0 aromatic heterocycles. The van der Waals surface area contributed by atoms with Gasteiger partial charge in [-0.1, -0.05) is 26.0 Å². The summed E-state index contributed by atoms with van der Waals surface area (Å²) >= 11 is 0. The third kappa shape index (κ3) is 3.87. The van der Waals surface area contributed by atoms with Crippen molar-refractivity contribution in [2.75, 3.05) is 0 Å². The average Bonchev–Trinajstić information content (AvgIpc) is 2.36. The van der Waals surface area contributed by atoms with Crippen molar-refractivity contribution < 1.29 is 19.4 Å². The number of hydrogen-bond donors (Lipinski definition) is 1. The van der Waals surface area contributed by atoms with Gasteiger partial charge < -0.3 is 9.84 Å². The van der Waals surface area contributed by atoms with Gasteiger partial charge in [0, 0.05) is 12.0 Å². The Hall–Kier alpha value is -1.84. The first-order valence-corrected chi connectivity index (χ1v) is 6.11. The van der Waals surface area contributed by atoms with Gasteiger partial charge in [0.1, 0.15) is 5.75 Å². The van der Waals surface area contributed by atoms with Crippen molar-refractivity contribution in [3.8, 4) is 5.75 Å². The highest BCUT2D eigenvalue weighted by molar-refractivity contribution is 5.96. The molecule has 0 saturated heterocycles. The molecule has 1 aromatic rings. The lowest BCUT2D eigenvalue weighted by atomic mass is 10.1. The van der Waals surface area contributed by atoms with Crippen LogP contribution in [0, 0.1) is 0 Å². The predicted molar refractivity (Wildman–Crippen MR) is 68.0 cm³/mol. The number of carboxylic acid groups (broad SMARTS) is 1. The summed E-state index contributed by atoms with van der Waals surface area (Å²) in [5.41, 5.74) is 0.564. The summed E-state index contributed by atoms with van der Waals surface area (Å²) in [5, 5.41) is 8.91. The number of benzene rings is 1. The lowest BCUT2D eigenvalue weighted by molar-refractivity contribution is -0.145. The number of aliphatic carboxylic acids is 1. The Morgan fingerprint density at radius 1 is 1.33 bits per heavy atom. The van der Waals surface area contributed by atoms with E-state index in [1.54, 1.807) is 31.2 Å². The SMILES string of the molecule is CCCC(=O)c1cccc(OC(CC)C(=O)O)c1. The highest BCUT2D eigenvalue weighted by atomic mass is 16.5. The quantitative estimate of drug-likeness (QED) is 0.756. The van der Waals surface area contributed by atoms with Crippen molar-refractivity contribution in [3.05, 3.63) is 29.8 Å². The van der Waals surface area contributed by atoms with E-state index in [9.17, 15) is 9.59 Å². The smallest absolute Gasteiger partial charge is 0.344 e. The molecule has 1 unspecified atom stereocenters. The molecule has 0 bridgehead atoms. The molecule has 0 heterocycles. The summed E-state index contributed by atoms with van der Waals surface area (Å²) in [6, 6.07) is 6.68. The molecule has 0 amide bonds. The average molecular weight is 250 g/mol. The van der Waals surface area contributed by atoms with E-state index in [4.69, 9.17) is 9.84 Å². The molecule has 1 N–H and O–H groups in total. The normalized spacial score (nSPS) is 11.9. The standard InChI is InChI=1S/C14H18O4/c1-3-6-12(15)10-7-5-8-11(9-10)18-13(4-2)14(16)17/h5,7-9,13H,3-4,6H2,1-2H3,(H,16,17). The highest BCUT2D eigenvalue weighted by Crippen LogP contribution is 2.17. The van der Waals surface area contributed by atoms with Gasteiger partial charge in [-0.15, -0.1) is 0 Å². The highest BCUT2D eigenvalue weighted by Gasteiger charge is 2.17. The van der Waals surface area contributed by atoms with E-state index < -0.39 is 12.1 Å². The van der Waals surface area contributed by atoms with E-state index in [1.807, 2.05) is 6.92 Å². The second-order valence-corrected chi connectivity index (χ2v) is 4.05. The first kappa shape index (κ1) is 14.2. The van der Waals surface area contributed by atoms with Crippen LogP contribution in [0.15, 0.2) is 24.3 Å². The van der Waals surface area contributed by atoms with E-state index in [2.05, 4.69) is 0 Å². The minimum atomic E-state index is -0.997. The molecule has 0 spiro atoms. The number of ether oxygens (including phenoxy) is 1. The van der Waals surface area contributed by atoms with Crippen molar-refractivity contribution in [3.63, 3.8) is 0 Å². The summed E-state index contributed by atoms with van der Waals surface area (Å²) in [7, 11) is 0. The van der Waals surface area contributed by atoms with E-state index in [0.717, 1.165) is 6.42 Å². The number of rotatable bonds is 7. The zero-order valence-corrected chi connectivity index (χ0v) is 10.7. The van der Waals surface area contributed by atoms with E-state index in [1.165, 1.54) is 0 Å². The summed E-state index contributed by atoms with van der Waals surface area (Å²) in [5.74, 6) is -0.527. The molecule has 0 saturated carbocycles. The Balaban J connectivity index is 2.81. The van der Waals surface area contributed by atoms with Crippen LogP contribution in [0.3, 0.4) is 0 Å². The largest absolute Gasteiger partial charge is 0.479 e. The molecule has 98 valence electrons. The van der Waals surface area contributed by atoms with Crippen LogP contribution in [0.25, 0.3) is 0 Å². The molecular formula is C14H18O4. The van der Waals surface area contributed by atoms with Crippen LogP contribution >= 0.6 is 0 Å². The van der Waals surface area contributed by atoms with E-state index >= 15 is 0 Å². The minimum Gasteiger partial charge on any atom is -0.479 e. The van der Waals surface area contributed by atoms with Crippen molar-refractivity contribution in [1.29, 1.82) is 0 Å². The number of carboxylic acids is 1. The zero-order chi connectivity index (χ0) is 13.5. The van der Waals surface area contributed by atoms with Crippen LogP contribution in [0.4, 0.5) is 0 Å². The molecule has 0 radical (unpaired) electrons. The number of hydrogen-bond acceptors (Lipinski definition) is 3. The van der Waals surface area contributed by atoms with E-state index in [0.29, 0.717) is 24.2 Å². The summed E-state index contributed by atoms with van der Waals surface area (Å²) in [6.07, 6.45) is 0.778. The fourth-order valence-corrected chi connectivity index (χ4v) is 1.59. The molecule has 0 aliphatic carbocycles. The Morgan fingerprint density at radius 2 is 2.06 bits per heavy atom. The Kier molecular flexibility index (Phi) is 5.36. The first-order chi connectivity index (χ1) is 8.58. The summed E-state index contributed by atoms with van der Waals surface area (Å²) in [6.45, 7) is 3.68. The van der Waals surface area contributed by atoms with Crippen molar-refractivity contribution >= 4 is 11.8 Å². The maximum Gasteiger partial charge on any atom is 0.344 e. The summed E-state index contributed by atoms with van der Waals surface area (Å²) < 4.78 is 5.34. The number of carbonyl (C=O) groups is 2. The Morgan fingerprint density at radius 3 is 2.61 bits per heavy atom. The van der Waals surface area contributed by atoms with Crippen LogP contribution in [0.2, 0.25) is 0 Å². The molecule has 18 heavy (non-hydrogen) atoms. The number of ketones is 1. The van der Waals surface area contributed by atoms with Crippen LogP contribution in [0.5, 0.6) is 5.75 Å². The van der Waals surface area contributed by atoms with Gasteiger partial charge in [-0.2, -0.15) is 0 Å². The van der Waals surface area contributed by atoms with Crippen LogP contribution in [-0.2, 0) is 4.79 Å². The molecule has 1 atom stereocenters. The van der Waals surface area contributed by atoms with Gasteiger partial charge in [0.05, 0.1) is 0 Å². The van der Waals surface area contributed by atoms with Gasteiger partial charge in [-0.25, -0.2) is 4.79 Å². The molecular weight excluding hydrogens is 232 g/mol. The molecule has 0 aliphatic rings. The molecule has 1 aromatic carbocycles. The molecule has 4 nitrogen and oxygen atoms in total. The topological polar surface area (TPSA) is 63.6 Å². The van der Waals surface area contributed by atoms with Crippen LogP contribution in [0.1, 0.15) is 43.5 Å². The Bertz CT molecular complexity index is 426. The second-order valence-electron chi connectivity index (χ2n) is 4.05. The predicted octanol–water partition coefficient (Wildman–Crippen LogP) is 2.91. The van der Waals surface area contributed by atoms with Crippen molar-refractivity contribution in [2.45, 2.75) is 39.2 Å². The Labute approximate surface area is 107 Å². The molecule has 4 heteroatoms. The van der Waals surface area contributed by atoms with E-state index in [-0.39, 0.29) is 5.78 Å². The fourth-order valence-electron chi connectivity index (χ4n) is 1.59. The van der Waals surface area contributed by atoms with Gasteiger partial charge in [-0.3, -0.25) is 4.79 Å². The van der Waals surface area contributed by atoms with Gasteiger partial charge in [0.25, 0.3) is 0 Å². The molecule has 1 rings (SSSR count). The molecule has 0 aliphatic heterocycles. The fraction of sp³-hybridized carbons (Fsp3) is 0.429. The lowest BCUT2D eigenvalue weighted by Crippen LogP contribution is -2.25. The third-order valence-electron chi connectivity index (χ3n) is 2.56. The molecule has 0 fully saturated rings. The monoisotopic (exact) mass is 250 g/mol. The zero-order valence-electron chi connectivity index (χ0n) is 10.7. The van der Waals surface area contributed by atoms with Gasteiger partial charge in [0.15, 0.2) is 11.9 Å². The number of Topliss-reactive ketones (excluding diaryl/α,β-unsaturated/α-hetero) is 1. The van der Waals surface area contributed by atoms with Crippen LogP contribution in [-0.4, -0.2) is 23.0 Å². The lowest BCUT2D eigenvalue weighted by Gasteiger charge is -2.13. The minimum absolute atomic E-state index is 0.0475. The van der Waals surface area contributed by atoms with Crippen molar-refractivity contribution in [2.24, 2.45) is 0 Å². The second kappa shape index (κ2) is 6.79. The maximum atomic E-state index is 11.7. The van der Waals surface area contributed by atoms with Gasteiger partial charge in [-0.05, 0) is 25.0 Å². The van der Waals surface area contributed by atoms with Gasteiger partial charge in [0.2, 0.25) is 0 Å². The summed E-state index contributed by atoms with van der Waals surface area (Å²) in [4.78, 5) is 22.6. The van der Waals surface area contributed by atoms with Gasteiger partial charge >= 0.3 is 5.97 Å². The first-order valence-electron chi connectivity index (χ1n) is 6.11. The third-order valence-corrected chi connectivity index (χ3v) is 2.56. The van der Waals surface area contributed by atoms with Crippen molar-refractivity contribution in [1.82, 2.24) is 0 Å².